The van der Waals surface area contributed by atoms with Gasteiger partial charge in [-0.3, -0.25) is 9.36 Å². The van der Waals surface area contributed by atoms with Gasteiger partial charge in [0, 0.05) is 11.4 Å². The van der Waals surface area contributed by atoms with Crippen molar-refractivity contribution in [1.82, 2.24) is 9.55 Å². The van der Waals surface area contributed by atoms with Crippen LogP contribution in [0.25, 0.3) is 10.2 Å². The van der Waals surface area contributed by atoms with Crippen molar-refractivity contribution in [3.05, 3.63) is 27.1 Å². The molecule has 0 aliphatic heterocycles. The Morgan fingerprint density at radius 1 is 1.38 bits per heavy atom. The van der Waals surface area contributed by atoms with E-state index < -0.39 is 0 Å². The Labute approximate surface area is 130 Å². The first-order valence-corrected chi connectivity index (χ1v) is 9.02. The van der Waals surface area contributed by atoms with Gasteiger partial charge in [-0.1, -0.05) is 33.1 Å². The van der Waals surface area contributed by atoms with E-state index in [2.05, 4.69) is 18.8 Å². The molecule has 1 atom stereocenters. The molecule has 0 N–H and O–H groups in total. The summed E-state index contributed by atoms with van der Waals surface area (Å²) in [6.07, 6.45) is 9.86. The van der Waals surface area contributed by atoms with Crippen LogP contribution in [-0.4, -0.2) is 9.55 Å². The predicted molar refractivity (Wildman–Crippen MR) is 89.2 cm³/mol. The first-order chi connectivity index (χ1) is 10.2. The van der Waals surface area contributed by atoms with Crippen LogP contribution < -0.4 is 5.56 Å². The van der Waals surface area contributed by atoms with Gasteiger partial charge < -0.3 is 0 Å². The number of unbranched alkanes of at least 4 members (excludes halogenated alkanes) is 3. The number of hydrogen-bond acceptors (Lipinski definition) is 3. The molecule has 3 rings (SSSR count). The van der Waals surface area contributed by atoms with E-state index in [-0.39, 0.29) is 5.56 Å². The third-order valence-corrected chi connectivity index (χ3v) is 5.70. The van der Waals surface area contributed by atoms with E-state index in [4.69, 9.17) is 0 Å². The van der Waals surface area contributed by atoms with E-state index in [0.717, 1.165) is 41.9 Å². The minimum absolute atomic E-state index is 0.184. The molecule has 2 heterocycles. The zero-order chi connectivity index (χ0) is 14.8. The van der Waals surface area contributed by atoms with Gasteiger partial charge in [0.2, 0.25) is 0 Å². The maximum Gasteiger partial charge on any atom is 0.262 e. The summed E-state index contributed by atoms with van der Waals surface area (Å²) in [4.78, 5) is 19.6. The molecule has 2 aromatic heterocycles. The first kappa shape index (κ1) is 14.8. The summed E-state index contributed by atoms with van der Waals surface area (Å²) in [5, 5.41) is 0.917. The van der Waals surface area contributed by atoms with E-state index in [9.17, 15) is 4.79 Å². The molecule has 0 fully saturated rings. The van der Waals surface area contributed by atoms with Crippen LogP contribution >= 0.6 is 11.3 Å². The average molecular weight is 304 g/mol. The summed E-state index contributed by atoms with van der Waals surface area (Å²) in [7, 11) is 0. The Kier molecular flexibility index (Phi) is 4.43. The molecule has 0 amide bonds. The molecule has 0 saturated carbocycles. The number of aromatic nitrogens is 2. The second-order valence-corrected chi connectivity index (χ2v) is 7.42. The molecule has 4 heteroatoms. The zero-order valence-electron chi connectivity index (χ0n) is 13.0. The standard InChI is InChI=1S/C17H24N2OS/c1-3-4-5-6-9-19-11-18-16-15(17(19)20)13-8-7-12(2)10-14(13)21-16/h11-12H,3-10H2,1-2H3/t12-/m0/s1. The molecule has 1 aliphatic carbocycles. The van der Waals surface area contributed by atoms with Crippen molar-refractivity contribution in [2.75, 3.05) is 0 Å². The molecule has 114 valence electrons. The van der Waals surface area contributed by atoms with E-state index >= 15 is 0 Å². The molecular formula is C17H24N2OS. The number of hydrogen-bond donors (Lipinski definition) is 0. The van der Waals surface area contributed by atoms with Crippen LogP contribution in [0.4, 0.5) is 0 Å². The predicted octanol–water partition coefficient (Wildman–Crippen LogP) is 4.16. The molecular weight excluding hydrogens is 280 g/mol. The lowest BCUT2D eigenvalue weighted by Crippen LogP contribution is -2.21. The van der Waals surface area contributed by atoms with E-state index in [1.807, 2.05) is 4.57 Å². The second-order valence-electron chi connectivity index (χ2n) is 6.34. The number of aryl methyl sites for hydroxylation is 2. The Morgan fingerprint density at radius 2 is 2.24 bits per heavy atom. The monoisotopic (exact) mass is 304 g/mol. The van der Waals surface area contributed by atoms with Gasteiger partial charge in [-0.15, -0.1) is 11.3 Å². The molecule has 21 heavy (non-hydrogen) atoms. The summed E-state index contributed by atoms with van der Waals surface area (Å²) in [6, 6.07) is 0. The Hall–Kier alpha value is -1.16. The zero-order valence-corrected chi connectivity index (χ0v) is 13.8. The maximum atomic E-state index is 12.7. The molecule has 0 spiro atoms. The van der Waals surface area contributed by atoms with Gasteiger partial charge >= 0.3 is 0 Å². The van der Waals surface area contributed by atoms with Gasteiger partial charge in [0.25, 0.3) is 5.56 Å². The first-order valence-electron chi connectivity index (χ1n) is 8.20. The fourth-order valence-corrected chi connectivity index (χ4v) is 4.58. The lowest BCUT2D eigenvalue weighted by atomic mass is 9.89. The van der Waals surface area contributed by atoms with Crippen molar-refractivity contribution in [2.45, 2.75) is 65.3 Å². The highest BCUT2D eigenvalue weighted by molar-refractivity contribution is 7.18. The maximum absolute atomic E-state index is 12.7. The fraction of sp³-hybridized carbons (Fsp3) is 0.647. The molecule has 0 bridgehead atoms. The van der Waals surface area contributed by atoms with Crippen molar-refractivity contribution in [3.63, 3.8) is 0 Å². The Balaban J connectivity index is 1.91. The van der Waals surface area contributed by atoms with Crippen LogP contribution in [0.3, 0.4) is 0 Å². The van der Waals surface area contributed by atoms with Crippen LogP contribution in [0, 0.1) is 5.92 Å². The largest absolute Gasteiger partial charge is 0.299 e. The number of thiophene rings is 1. The van der Waals surface area contributed by atoms with Crippen molar-refractivity contribution < 1.29 is 0 Å². The minimum Gasteiger partial charge on any atom is -0.299 e. The molecule has 0 radical (unpaired) electrons. The molecule has 2 aromatic rings. The van der Waals surface area contributed by atoms with Gasteiger partial charge in [0.05, 0.1) is 11.7 Å². The lowest BCUT2D eigenvalue weighted by Gasteiger charge is -2.17. The van der Waals surface area contributed by atoms with Crippen molar-refractivity contribution >= 4 is 21.6 Å². The normalized spacial score (nSPS) is 18.1. The summed E-state index contributed by atoms with van der Waals surface area (Å²) < 4.78 is 1.82. The van der Waals surface area contributed by atoms with Crippen molar-refractivity contribution in [2.24, 2.45) is 5.92 Å². The van der Waals surface area contributed by atoms with Crippen LogP contribution in [-0.2, 0) is 19.4 Å². The molecule has 1 aliphatic rings. The lowest BCUT2D eigenvalue weighted by molar-refractivity contribution is 0.508. The van der Waals surface area contributed by atoms with Gasteiger partial charge in [0.1, 0.15) is 4.83 Å². The van der Waals surface area contributed by atoms with E-state index in [0.29, 0.717) is 0 Å². The third-order valence-electron chi connectivity index (χ3n) is 4.53. The highest BCUT2D eigenvalue weighted by atomic mass is 32.1. The van der Waals surface area contributed by atoms with Crippen LogP contribution in [0.5, 0.6) is 0 Å². The van der Waals surface area contributed by atoms with Crippen LogP contribution in [0.15, 0.2) is 11.1 Å². The quantitative estimate of drug-likeness (QED) is 0.777. The Bertz CT molecular complexity index is 686. The average Bonchev–Trinajstić information content (AvgIpc) is 2.83. The second kappa shape index (κ2) is 6.30. The van der Waals surface area contributed by atoms with Gasteiger partial charge in [-0.2, -0.15) is 0 Å². The van der Waals surface area contributed by atoms with Crippen molar-refractivity contribution in [3.8, 4) is 0 Å². The fourth-order valence-electron chi connectivity index (χ4n) is 3.23. The summed E-state index contributed by atoms with van der Waals surface area (Å²) in [5.74, 6) is 0.738. The summed E-state index contributed by atoms with van der Waals surface area (Å²) in [5.41, 5.74) is 1.48. The number of rotatable bonds is 5. The molecule has 0 aromatic carbocycles. The van der Waals surface area contributed by atoms with Crippen LogP contribution in [0.2, 0.25) is 0 Å². The molecule has 0 saturated heterocycles. The molecule has 3 nitrogen and oxygen atoms in total. The van der Waals surface area contributed by atoms with E-state index in [1.54, 1.807) is 17.7 Å². The SMILES string of the molecule is CCCCCCn1cnc2sc3c(c2c1=O)CC[C@H](C)C3. The van der Waals surface area contributed by atoms with Gasteiger partial charge in [0.15, 0.2) is 0 Å². The highest BCUT2D eigenvalue weighted by Crippen LogP contribution is 2.35. The smallest absolute Gasteiger partial charge is 0.262 e. The van der Waals surface area contributed by atoms with Crippen molar-refractivity contribution in [1.29, 1.82) is 0 Å². The highest BCUT2D eigenvalue weighted by Gasteiger charge is 2.22. The van der Waals surface area contributed by atoms with E-state index in [1.165, 1.54) is 36.1 Å². The Morgan fingerprint density at radius 3 is 3.05 bits per heavy atom. The third kappa shape index (κ3) is 2.91. The topological polar surface area (TPSA) is 34.9 Å². The van der Waals surface area contributed by atoms with Crippen LogP contribution in [0.1, 0.15) is 56.4 Å². The summed E-state index contributed by atoms with van der Waals surface area (Å²) in [6.45, 7) is 5.31. The molecule has 0 unspecified atom stereocenters. The minimum atomic E-state index is 0.184. The number of fused-ring (bicyclic) bond motifs is 3. The summed E-state index contributed by atoms with van der Waals surface area (Å²) >= 11 is 1.73. The number of nitrogens with zero attached hydrogens (tertiary/aromatic N) is 2. The van der Waals surface area contributed by atoms with Gasteiger partial charge in [-0.25, -0.2) is 4.98 Å². The van der Waals surface area contributed by atoms with Gasteiger partial charge in [-0.05, 0) is 37.2 Å².